The fourth-order valence-electron chi connectivity index (χ4n) is 2.39. The Bertz CT molecular complexity index is 626. The molecule has 1 fully saturated rings. The van der Waals surface area contributed by atoms with Crippen molar-refractivity contribution in [2.45, 2.75) is 32.2 Å². The van der Waals surface area contributed by atoms with E-state index in [1.54, 1.807) is 7.05 Å². The van der Waals surface area contributed by atoms with E-state index in [-0.39, 0.29) is 23.6 Å². The first-order chi connectivity index (χ1) is 9.78. The van der Waals surface area contributed by atoms with Gasteiger partial charge in [-0.25, -0.2) is 13.2 Å². The Morgan fingerprint density at radius 1 is 1.38 bits per heavy atom. The summed E-state index contributed by atoms with van der Waals surface area (Å²) in [4.78, 5) is 13.7. The van der Waals surface area contributed by atoms with E-state index < -0.39 is 9.84 Å². The summed E-state index contributed by atoms with van der Waals surface area (Å²) in [5.41, 5.74) is 1.97. The van der Waals surface area contributed by atoms with Gasteiger partial charge in [0, 0.05) is 18.8 Å². The molecule has 1 aliphatic heterocycles. The van der Waals surface area contributed by atoms with Crippen LogP contribution in [0.15, 0.2) is 24.3 Å². The van der Waals surface area contributed by atoms with Crippen LogP contribution in [-0.4, -0.2) is 39.0 Å². The average Bonchev–Trinajstić information content (AvgIpc) is 2.77. The second-order valence-corrected chi connectivity index (χ2v) is 8.09. The SMILES string of the molecule is CC(C)c1cccc(N(C)C(=O)NC2CCS(=O)(=O)C2)c1. The Morgan fingerprint density at radius 2 is 2.10 bits per heavy atom. The first-order valence-electron chi connectivity index (χ1n) is 7.13. The van der Waals surface area contributed by atoms with Crippen molar-refractivity contribution in [3.63, 3.8) is 0 Å². The fraction of sp³-hybridized carbons (Fsp3) is 0.533. The van der Waals surface area contributed by atoms with E-state index in [1.807, 2.05) is 24.3 Å². The van der Waals surface area contributed by atoms with E-state index in [0.717, 1.165) is 11.3 Å². The molecule has 6 heteroatoms. The molecule has 0 radical (unpaired) electrons. The van der Waals surface area contributed by atoms with Crippen molar-refractivity contribution < 1.29 is 13.2 Å². The second kappa shape index (κ2) is 6.05. The van der Waals surface area contributed by atoms with Crippen LogP contribution >= 0.6 is 0 Å². The lowest BCUT2D eigenvalue weighted by molar-refractivity contribution is 0.244. The summed E-state index contributed by atoms with van der Waals surface area (Å²) in [7, 11) is -1.29. The van der Waals surface area contributed by atoms with Crippen molar-refractivity contribution in [3.05, 3.63) is 29.8 Å². The number of hydrogen-bond acceptors (Lipinski definition) is 3. The highest BCUT2D eigenvalue weighted by Gasteiger charge is 2.29. The van der Waals surface area contributed by atoms with Gasteiger partial charge in [0.25, 0.3) is 0 Å². The van der Waals surface area contributed by atoms with Crippen LogP contribution in [0.5, 0.6) is 0 Å². The second-order valence-electron chi connectivity index (χ2n) is 5.86. The van der Waals surface area contributed by atoms with Crippen LogP contribution in [0.2, 0.25) is 0 Å². The number of carbonyl (C=O) groups excluding carboxylic acids is 1. The van der Waals surface area contributed by atoms with Crippen LogP contribution in [0.1, 0.15) is 31.7 Å². The smallest absolute Gasteiger partial charge is 0.321 e. The normalized spacial score (nSPS) is 20.5. The zero-order valence-corrected chi connectivity index (χ0v) is 13.5. The van der Waals surface area contributed by atoms with Crippen LogP contribution in [0.4, 0.5) is 10.5 Å². The zero-order chi connectivity index (χ0) is 15.6. The molecule has 116 valence electrons. The Kier molecular flexibility index (Phi) is 4.56. The standard InChI is InChI=1S/C15H22N2O3S/c1-11(2)12-5-4-6-14(9-12)17(3)15(18)16-13-7-8-21(19,20)10-13/h4-6,9,11,13H,7-8,10H2,1-3H3,(H,16,18). The zero-order valence-electron chi connectivity index (χ0n) is 12.7. The molecule has 21 heavy (non-hydrogen) atoms. The lowest BCUT2D eigenvalue weighted by atomic mass is 10.0. The lowest BCUT2D eigenvalue weighted by Gasteiger charge is -2.21. The number of nitrogens with zero attached hydrogens (tertiary/aromatic N) is 1. The summed E-state index contributed by atoms with van der Waals surface area (Å²) in [6.45, 7) is 4.20. The third-order valence-corrected chi connectivity index (χ3v) is 5.56. The highest BCUT2D eigenvalue weighted by Crippen LogP contribution is 2.21. The van der Waals surface area contributed by atoms with Gasteiger partial charge in [-0.15, -0.1) is 0 Å². The molecule has 0 saturated carbocycles. The van der Waals surface area contributed by atoms with Crippen molar-refractivity contribution >= 4 is 21.6 Å². The van der Waals surface area contributed by atoms with Crippen LogP contribution in [0.25, 0.3) is 0 Å². The molecule has 1 aromatic carbocycles. The van der Waals surface area contributed by atoms with Crippen LogP contribution in [-0.2, 0) is 9.84 Å². The number of carbonyl (C=O) groups is 1. The molecule has 0 aromatic heterocycles. The molecule has 2 rings (SSSR count). The van der Waals surface area contributed by atoms with Gasteiger partial charge in [0.15, 0.2) is 9.84 Å². The number of hydrogen-bond donors (Lipinski definition) is 1. The van der Waals surface area contributed by atoms with Gasteiger partial charge in [0.1, 0.15) is 0 Å². The van der Waals surface area contributed by atoms with E-state index in [0.29, 0.717) is 12.3 Å². The maximum Gasteiger partial charge on any atom is 0.321 e. The average molecular weight is 310 g/mol. The monoisotopic (exact) mass is 310 g/mol. The summed E-state index contributed by atoms with van der Waals surface area (Å²) >= 11 is 0. The summed E-state index contributed by atoms with van der Waals surface area (Å²) < 4.78 is 22.8. The maximum atomic E-state index is 12.2. The predicted molar refractivity (Wildman–Crippen MR) is 84.5 cm³/mol. The summed E-state index contributed by atoms with van der Waals surface area (Å²) in [6.07, 6.45) is 0.494. The summed E-state index contributed by atoms with van der Waals surface area (Å²) in [5.74, 6) is 0.588. The first kappa shape index (κ1) is 15.8. The van der Waals surface area contributed by atoms with Gasteiger partial charge in [-0.2, -0.15) is 0 Å². The number of urea groups is 1. The van der Waals surface area contributed by atoms with Crippen molar-refractivity contribution in [1.29, 1.82) is 0 Å². The minimum Gasteiger partial charge on any atom is -0.334 e. The number of anilines is 1. The molecule has 1 heterocycles. The fourth-order valence-corrected chi connectivity index (χ4v) is 4.06. The first-order valence-corrected chi connectivity index (χ1v) is 8.95. The van der Waals surface area contributed by atoms with E-state index in [9.17, 15) is 13.2 Å². The molecule has 0 aliphatic carbocycles. The van der Waals surface area contributed by atoms with Gasteiger partial charge in [0.05, 0.1) is 11.5 Å². The highest BCUT2D eigenvalue weighted by molar-refractivity contribution is 7.91. The quantitative estimate of drug-likeness (QED) is 0.930. The van der Waals surface area contributed by atoms with Gasteiger partial charge < -0.3 is 5.32 Å². The highest BCUT2D eigenvalue weighted by atomic mass is 32.2. The third-order valence-electron chi connectivity index (χ3n) is 3.79. The molecule has 5 nitrogen and oxygen atoms in total. The van der Waals surface area contributed by atoms with E-state index >= 15 is 0 Å². The molecule has 1 aromatic rings. The molecule has 1 unspecified atom stereocenters. The summed E-state index contributed by atoms with van der Waals surface area (Å²) in [5, 5.41) is 2.79. The Morgan fingerprint density at radius 3 is 2.67 bits per heavy atom. The molecule has 1 N–H and O–H groups in total. The predicted octanol–water partition coefficient (Wildman–Crippen LogP) is 2.14. The van der Waals surface area contributed by atoms with Crippen molar-refractivity contribution in [3.8, 4) is 0 Å². The van der Waals surface area contributed by atoms with E-state index in [2.05, 4.69) is 19.2 Å². The van der Waals surface area contributed by atoms with Crippen molar-refractivity contribution in [2.75, 3.05) is 23.5 Å². The Labute approximate surface area is 126 Å². The van der Waals surface area contributed by atoms with Gasteiger partial charge >= 0.3 is 6.03 Å². The van der Waals surface area contributed by atoms with Crippen LogP contribution in [0, 0.1) is 0 Å². The van der Waals surface area contributed by atoms with Gasteiger partial charge in [0.2, 0.25) is 0 Å². The number of rotatable bonds is 3. The molecular formula is C15H22N2O3S. The minimum absolute atomic E-state index is 0.0403. The van der Waals surface area contributed by atoms with Gasteiger partial charge in [-0.3, -0.25) is 4.90 Å². The Balaban J connectivity index is 2.04. The Hall–Kier alpha value is -1.56. The number of benzene rings is 1. The lowest BCUT2D eigenvalue weighted by Crippen LogP contribution is -2.43. The number of amides is 2. The van der Waals surface area contributed by atoms with E-state index in [1.165, 1.54) is 4.90 Å². The van der Waals surface area contributed by atoms with Crippen molar-refractivity contribution in [1.82, 2.24) is 5.32 Å². The summed E-state index contributed by atoms with van der Waals surface area (Å²) in [6, 6.07) is 7.26. The molecule has 1 atom stereocenters. The molecule has 1 saturated heterocycles. The largest absolute Gasteiger partial charge is 0.334 e. The molecule has 0 bridgehead atoms. The number of sulfone groups is 1. The maximum absolute atomic E-state index is 12.2. The number of nitrogens with one attached hydrogen (secondary N) is 1. The van der Waals surface area contributed by atoms with Crippen LogP contribution < -0.4 is 10.2 Å². The molecule has 2 amide bonds. The van der Waals surface area contributed by atoms with E-state index in [4.69, 9.17) is 0 Å². The van der Waals surface area contributed by atoms with Gasteiger partial charge in [-0.05, 0) is 30.0 Å². The third kappa shape index (κ3) is 3.97. The van der Waals surface area contributed by atoms with Crippen molar-refractivity contribution in [2.24, 2.45) is 0 Å². The molecular weight excluding hydrogens is 288 g/mol. The van der Waals surface area contributed by atoms with Crippen LogP contribution in [0.3, 0.4) is 0 Å². The minimum atomic E-state index is -2.98. The topological polar surface area (TPSA) is 66.5 Å². The van der Waals surface area contributed by atoms with Gasteiger partial charge in [-0.1, -0.05) is 26.0 Å². The molecule has 0 spiro atoms. The molecule has 1 aliphatic rings.